The normalized spacial score (nSPS) is 20.3. The lowest BCUT2D eigenvalue weighted by Crippen LogP contribution is -2.56. The maximum Gasteiger partial charge on any atom is 0.245 e. The summed E-state index contributed by atoms with van der Waals surface area (Å²) in [6.07, 6.45) is 0. The van der Waals surface area contributed by atoms with E-state index in [9.17, 15) is 9.59 Å². The lowest BCUT2D eigenvalue weighted by atomic mass is 10.2. The Morgan fingerprint density at radius 3 is 3.06 bits per heavy atom. The van der Waals surface area contributed by atoms with Gasteiger partial charge in [0.05, 0.1) is 12.2 Å². The third-order valence-electron chi connectivity index (χ3n) is 2.18. The van der Waals surface area contributed by atoms with Crippen molar-refractivity contribution in [2.24, 2.45) is 0 Å². The number of nitrogens with zero attached hydrogens (tertiary/aromatic N) is 1. The molecule has 2 heterocycles. The maximum absolute atomic E-state index is 11.7. The van der Waals surface area contributed by atoms with E-state index in [-0.39, 0.29) is 24.4 Å². The fourth-order valence-corrected chi connectivity index (χ4v) is 2.05. The van der Waals surface area contributed by atoms with Crippen molar-refractivity contribution >= 4 is 28.3 Å². The standard InChI is InChI=1S/C9H12N4O2S/c1-5-4-16-9(12-5)13-8(15)6-2-11-7(14)3-10-6/h4,6,10H,2-3H2,1H3,(H,11,14)(H,12,13,15). The lowest BCUT2D eigenvalue weighted by Gasteiger charge is -2.22. The zero-order valence-corrected chi connectivity index (χ0v) is 9.56. The van der Waals surface area contributed by atoms with Crippen LogP contribution in [-0.2, 0) is 9.59 Å². The van der Waals surface area contributed by atoms with Crippen molar-refractivity contribution in [2.75, 3.05) is 18.4 Å². The Labute approximate surface area is 96.4 Å². The van der Waals surface area contributed by atoms with Gasteiger partial charge in [-0.05, 0) is 6.92 Å². The Morgan fingerprint density at radius 1 is 1.69 bits per heavy atom. The van der Waals surface area contributed by atoms with Crippen molar-refractivity contribution < 1.29 is 9.59 Å². The molecule has 7 heteroatoms. The summed E-state index contributed by atoms with van der Waals surface area (Å²) in [6.45, 7) is 2.36. The first kappa shape index (κ1) is 11.0. The van der Waals surface area contributed by atoms with Crippen molar-refractivity contribution in [1.82, 2.24) is 15.6 Å². The van der Waals surface area contributed by atoms with Crippen molar-refractivity contribution in [3.63, 3.8) is 0 Å². The van der Waals surface area contributed by atoms with Gasteiger partial charge in [-0.25, -0.2) is 4.98 Å². The third-order valence-corrected chi connectivity index (χ3v) is 3.05. The van der Waals surface area contributed by atoms with Crippen LogP contribution in [0.1, 0.15) is 5.69 Å². The average molecular weight is 240 g/mol. The molecular weight excluding hydrogens is 228 g/mol. The lowest BCUT2D eigenvalue weighted by molar-refractivity contribution is -0.124. The van der Waals surface area contributed by atoms with Crippen molar-refractivity contribution in [1.29, 1.82) is 0 Å². The van der Waals surface area contributed by atoms with E-state index >= 15 is 0 Å². The minimum absolute atomic E-state index is 0.0888. The fraction of sp³-hybridized carbons (Fsp3) is 0.444. The SMILES string of the molecule is Cc1csc(NC(=O)C2CNC(=O)CN2)n1. The van der Waals surface area contributed by atoms with Crippen LogP contribution in [0, 0.1) is 6.92 Å². The Balaban J connectivity index is 1.91. The first-order chi connectivity index (χ1) is 7.65. The number of piperazine rings is 1. The number of aromatic nitrogens is 1. The Morgan fingerprint density at radius 2 is 2.50 bits per heavy atom. The van der Waals surface area contributed by atoms with Gasteiger partial charge in [-0.2, -0.15) is 0 Å². The molecule has 6 nitrogen and oxygen atoms in total. The van der Waals surface area contributed by atoms with Gasteiger partial charge < -0.3 is 10.6 Å². The van der Waals surface area contributed by atoms with E-state index in [1.807, 2.05) is 12.3 Å². The average Bonchev–Trinajstić information content (AvgIpc) is 2.65. The number of anilines is 1. The fourth-order valence-electron chi connectivity index (χ4n) is 1.36. The Bertz CT molecular complexity index is 407. The van der Waals surface area contributed by atoms with Crippen LogP contribution in [0.5, 0.6) is 0 Å². The monoisotopic (exact) mass is 240 g/mol. The molecule has 1 unspecified atom stereocenters. The maximum atomic E-state index is 11.7. The molecule has 86 valence electrons. The molecule has 0 bridgehead atoms. The van der Waals surface area contributed by atoms with E-state index in [4.69, 9.17) is 0 Å². The molecule has 1 aromatic rings. The van der Waals surface area contributed by atoms with Crippen LogP contribution in [0.25, 0.3) is 0 Å². The molecule has 0 aliphatic carbocycles. The molecule has 0 saturated carbocycles. The molecule has 0 radical (unpaired) electrons. The summed E-state index contributed by atoms with van der Waals surface area (Å²) in [5.74, 6) is -0.261. The minimum atomic E-state index is -0.387. The van der Waals surface area contributed by atoms with Gasteiger partial charge in [-0.3, -0.25) is 14.9 Å². The van der Waals surface area contributed by atoms with Crippen LogP contribution in [0.15, 0.2) is 5.38 Å². The molecular formula is C9H12N4O2S. The highest BCUT2D eigenvalue weighted by Crippen LogP contribution is 2.14. The van der Waals surface area contributed by atoms with Crippen LogP contribution in [-0.4, -0.2) is 35.9 Å². The van der Waals surface area contributed by atoms with E-state index in [1.54, 1.807) is 0 Å². The molecule has 1 fully saturated rings. The van der Waals surface area contributed by atoms with Crippen molar-refractivity contribution in [3.05, 3.63) is 11.1 Å². The number of amides is 2. The van der Waals surface area contributed by atoms with Gasteiger partial charge in [0.15, 0.2) is 5.13 Å². The van der Waals surface area contributed by atoms with E-state index < -0.39 is 0 Å². The van der Waals surface area contributed by atoms with Gasteiger partial charge in [0.1, 0.15) is 6.04 Å². The van der Waals surface area contributed by atoms with Crippen LogP contribution in [0.3, 0.4) is 0 Å². The van der Waals surface area contributed by atoms with E-state index in [0.29, 0.717) is 11.7 Å². The smallest absolute Gasteiger partial charge is 0.245 e. The van der Waals surface area contributed by atoms with E-state index in [0.717, 1.165) is 5.69 Å². The predicted molar refractivity (Wildman–Crippen MR) is 60.3 cm³/mol. The molecule has 0 aromatic carbocycles. The van der Waals surface area contributed by atoms with Gasteiger partial charge in [-0.15, -0.1) is 11.3 Å². The summed E-state index contributed by atoms with van der Waals surface area (Å²) < 4.78 is 0. The highest BCUT2D eigenvalue weighted by Gasteiger charge is 2.24. The molecule has 0 spiro atoms. The second kappa shape index (κ2) is 4.58. The number of carbonyl (C=O) groups is 2. The minimum Gasteiger partial charge on any atom is -0.353 e. The van der Waals surface area contributed by atoms with Gasteiger partial charge in [0, 0.05) is 11.9 Å². The van der Waals surface area contributed by atoms with Crippen LogP contribution in [0.2, 0.25) is 0 Å². The van der Waals surface area contributed by atoms with Gasteiger partial charge in [0.25, 0.3) is 0 Å². The Hall–Kier alpha value is -1.47. The molecule has 1 aliphatic heterocycles. The molecule has 1 aliphatic rings. The topological polar surface area (TPSA) is 83.1 Å². The zero-order chi connectivity index (χ0) is 11.5. The Kier molecular flexibility index (Phi) is 3.16. The highest BCUT2D eigenvalue weighted by atomic mass is 32.1. The number of rotatable bonds is 2. The van der Waals surface area contributed by atoms with Gasteiger partial charge >= 0.3 is 0 Å². The first-order valence-corrected chi connectivity index (χ1v) is 5.76. The number of hydrogen-bond donors (Lipinski definition) is 3. The summed E-state index contributed by atoms with van der Waals surface area (Å²) in [5, 5.41) is 10.6. The number of carbonyl (C=O) groups excluding carboxylic acids is 2. The van der Waals surface area contributed by atoms with E-state index in [1.165, 1.54) is 11.3 Å². The van der Waals surface area contributed by atoms with Crippen LogP contribution in [0.4, 0.5) is 5.13 Å². The summed E-state index contributed by atoms with van der Waals surface area (Å²) in [4.78, 5) is 26.7. The number of aryl methyl sites for hydroxylation is 1. The van der Waals surface area contributed by atoms with Gasteiger partial charge in [-0.1, -0.05) is 0 Å². The molecule has 2 rings (SSSR count). The highest BCUT2D eigenvalue weighted by molar-refractivity contribution is 7.13. The summed E-state index contributed by atoms with van der Waals surface area (Å²) in [6, 6.07) is -0.387. The summed E-state index contributed by atoms with van der Waals surface area (Å²) in [7, 11) is 0. The molecule has 3 N–H and O–H groups in total. The molecule has 2 amide bonds. The van der Waals surface area contributed by atoms with Crippen molar-refractivity contribution in [2.45, 2.75) is 13.0 Å². The zero-order valence-electron chi connectivity index (χ0n) is 8.74. The molecule has 1 aromatic heterocycles. The molecule has 1 atom stereocenters. The van der Waals surface area contributed by atoms with Gasteiger partial charge in [0.2, 0.25) is 11.8 Å². The quantitative estimate of drug-likeness (QED) is 0.649. The second-order valence-electron chi connectivity index (χ2n) is 3.52. The first-order valence-electron chi connectivity index (χ1n) is 4.88. The summed E-state index contributed by atoms with van der Waals surface area (Å²) in [5.41, 5.74) is 0.880. The molecule has 16 heavy (non-hydrogen) atoms. The predicted octanol–water partition coefficient (Wildman–Crippen LogP) is -0.522. The summed E-state index contributed by atoms with van der Waals surface area (Å²) >= 11 is 1.38. The van der Waals surface area contributed by atoms with E-state index in [2.05, 4.69) is 20.9 Å². The number of hydrogen-bond acceptors (Lipinski definition) is 5. The third kappa shape index (κ3) is 2.56. The van der Waals surface area contributed by atoms with Crippen molar-refractivity contribution in [3.8, 4) is 0 Å². The van der Waals surface area contributed by atoms with Crippen LogP contribution < -0.4 is 16.0 Å². The number of nitrogens with one attached hydrogen (secondary N) is 3. The largest absolute Gasteiger partial charge is 0.353 e. The second-order valence-corrected chi connectivity index (χ2v) is 4.38. The van der Waals surface area contributed by atoms with Crippen LogP contribution >= 0.6 is 11.3 Å². The number of thiazole rings is 1. The molecule has 1 saturated heterocycles.